The van der Waals surface area contributed by atoms with Crippen molar-refractivity contribution in [3.05, 3.63) is 70.8 Å². The first-order chi connectivity index (χ1) is 15.2. The lowest BCUT2D eigenvalue weighted by Crippen LogP contribution is -2.30. The Balaban J connectivity index is 1.85. The van der Waals surface area contributed by atoms with Gasteiger partial charge in [-0.3, -0.25) is 0 Å². The first-order valence-electron chi connectivity index (χ1n) is 11.0. The van der Waals surface area contributed by atoms with Crippen molar-refractivity contribution in [1.82, 2.24) is 0 Å². The summed E-state index contributed by atoms with van der Waals surface area (Å²) in [5.41, 5.74) is 2.82. The van der Waals surface area contributed by atoms with E-state index in [4.69, 9.17) is 18.9 Å². The lowest BCUT2D eigenvalue weighted by atomic mass is 10.1. The summed E-state index contributed by atoms with van der Waals surface area (Å²) in [6.07, 6.45) is -0.925. The topological polar surface area (TPSA) is 71.1 Å². The number of carbonyl (C=O) groups excluding carboxylic acids is 2. The van der Waals surface area contributed by atoms with Crippen LogP contribution < -0.4 is 0 Å². The molecule has 6 heteroatoms. The number of ether oxygens (including phenoxy) is 4. The summed E-state index contributed by atoms with van der Waals surface area (Å²) >= 11 is 0. The van der Waals surface area contributed by atoms with Crippen LogP contribution >= 0.6 is 0 Å². The van der Waals surface area contributed by atoms with Crippen LogP contribution in [-0.2, 0) is 32.2 Å². The third-order valence-electron chi connectivity index (χ3n) is 4.79. The first kappa shape index (κ1) is 25.6. The average Bonchev–Trinajstić information content (AvgIpc) is 2.76. The smallest absolute Gasteiger partial charge is 0.338 e. The predicted octanol–water partition coefficient (Wildman–Crippen LogP) is 5.33. The van der Waals surface area contributed by atoms with Gasteiger partial charge in [-0.25, -0.2) is 9.59 Å². The normalized spacial score (nSPS) is 13.1. The van der Waals surface area contributed by atoms with Crippen LogP contribution in [0.2, 0.25) is 0 Å². The summed E-state index contributed by atoms with van der Waals surface area (Å²) in [6.45, 7) is 12.3. The molecule has 0 bridgehead atoms. The van der Waals surface area contributed by atoms with Crippen molar-refractivity contribution in [2.75, 3.05) is 0 Å². The van der Waals surface area contributed by atoms with E-state index in [0.717, 1.165) is 11.1 Å². The predicted molar refractivity (Wildman–Crippen MR) is 122 cm³/mol. The van der Waals surface area contributed by atoms with Crippen LogP contribution in [0.3, 0.4) is 0 Å². The molecule has 0 fully saturated rings. The van der Waals surface area contributed by atoms with E-state index in [-0.39, 0.29) is 12.2 Å². The SMILES string of the molecule is CC(C)OCc1ccc(C(=O)OC(C)C(C)OC(=O)c2ccc(COC(C)C)cc2)cc1. The van der Waals surface area contributed by atoms with Gasteiger partial charge >= 0.3 is 11.9 Å². The molecule has 0 amide bonds. The van der Waals surface area contributed by atoms with Gasteiger partial charge in [-0.15, -0.1) is 0 Å². The van der Waals surface area contributed by atoms with E-state index in [1.54, 1.807) is 38.1 Å². The minimum atomic E-state index is -0.603. The van der Waals surface area contributed by atoms with E-state index in [0.29, 0.717) is 24.3 Å². The van der Waals surface area contributed by atoms with E-state index < -0.39 is 24.1 Å². The highest BCUT2D eigenvalue weighted by molar-refractivity contribution is 5.90. The molecule has 2 rings (SSSR count). The molecular formula is C26H34O6. The van der Waals surface area contributed by atoms with E-state index in [2.05, 4.69) is 0 Å². The molecule has 0 saturated heterocycles. The second-order valence-electron chi connectivity index (χ2n) is 8.33. The zero-order valence-corrected chi connectivity index (χ0v) is 19.8. The van der Waals surface area contributed by atoms with Crippen molar-refractivity contribution >= 4 is 11.9 Å². The zero-order valence-electron chi connectivity index (χ0n) is 19.8. The number of esters is 2. The van der Waals surface area contributed by atoms with Crippen LogP contribution in [0.4, 0.5) is 0 Å². The Kier molecular flexibility index (Phi) is 9.88. The van der Waals surface area contributed by atoms with Gasteiger partial charge < -0.3 is 18.9 Å². The maximum atomic E-state index is 12.4. The minimum absolute atomic E-state index is 0.140. The molecule has 0 spiro atoms. The van der Waals surface area contributed by atoms with Gasteiger partial charge in [0.05, 0.1) is 36.5 Å². The highest BCUT2D eigenvalue weighted by Gasteiger charge is 2.22. The number of hydrogen-bond donors (Lipinski definition) is 0. The van der Waals surface area contributed by atoms with Gasteiger partial charge in [0.25, 0.3) is 0 Å². The molecule has 0 aliphatic heterocycles. The van der Waals surface area contributed by atoms with Crippen LogP contribution in [0.15, 0.2) is 48.5 Å². The lowest BCUT2D eigenvalue weighted by Gasteiger charge is -2.21. The highest BCUT2D eigenvalue weighted by Crippen LogP contribution is 2.14. The molecule has 2 unspecified atom stereocenters. The fourth-order valence-electron chi connectivity index (χ4n) is 2.67. The van der Waals surface area contributed by atoms with Gasteiger partial charge in [-0.05, 0) is 76.9 Å². The summed E-state index contributed by atoms with van der Waals surface area (Å²) in [6, 6.07) is 14.2. The zero-order chi connectivity index (χ0) is 23.7. The molecule has 2 atom stereocenters. The Bertz CT molecular complexity index is 781. The van der Waals surface area contributed by atoms with Crippen LogP contribution in [0.25, 0.3) is 0 Å². The number of hydrogen-bond acceptors (Lipinski definition) is 6. The summed E-state index contributed by atoms with van der Waals surface area (Å²) in [4.78, 5) is 24.9. The van der Waals surface area contributed by atoms with E-state index in [9.17, 15) is 9.59 Å². The van der Waals surface area contributed by atoms with Crippen LogP contribution in [0.5, 0.6) is 0 Å². The Labute approximate surface area is 190 Å². The fourth-order valence-corrected chi connectivity index (χ4v) is 2.67. The molecule has 0 aromatic heterocycles. The average molecular weight is 443 g/mol. The third kappa shape index (κ3) is 8.44. The quantitative estimate of drug-likeness (QED) is 0.438. The molecular weight excluding hydrogens is 408 g/mol. The Hall–Kier alpha value is -2.70. The van der Waals surface area contributed by atoms with Crippen molar-refractivity contribution in [3.8, 4) is 0 Å². The molecule has 6 nitrogen and oxygen atoms in total. The van der Waals surface area contributed by atoms with Crippen LogP contribution in [0, 0.1) is 0 Å². The summed E-state index contributed by atoms with van der Waals surface area (Å²) in [5.74, 6) is -0.933. The lowest BCUT2D eigenvalue weighted by molar-refractivity contribution is -0.0239. The van der Waals surface area contributed by atoms with Crippen molar-refractivity contribution in [2.24, 2.45) is 0 Å². The Morgan fingerprint density at radius 1 is 0.594 bits per heavy atom. The largest absolute Gasteiger partial charge is 0.455 e. The molecule has 2 aromatic rings. The van der Waals surface area contributed by atoms with Crippen molar-refractivity contribution in [3.63, 3.8) is 0 Å². The van der Waals surface area contributed by atoms with E-state index in [1.807, 2.05) is 52.0 Å². The molecule has 0 saturated carbocycles. The summed E-state index contributed by atoms with van der Waals surface area (Å²) in [5, 5.41) is 0. The van der Waals surface area contributed by atoms with E-state index >= 15 is 0 Å². The minimum Gasteiger partial charge on any atom is -0.455 e. The molecule has 0 aliphatic rings. The van der Waals surface area contributed by atoms with Gasteiger partial charge in [-0.2, -0.15) is 0 Å². The maximum absolute atomic E-state index is 12.4. The summed E-state index contributed by atoms with van der Waals surface area (Å²) < 4.78 is 22.1. The Morgan fingerprint density at radius 3 is 1.19 bits per heavy atom. The van der Waals surface area contributed by atoms with Gasteiger partial charge in [0.2, 0.25) is 0 Å². The molecule has 32 heavy (non-hydrogen) atoms. The molecule has 0 N–H and O–H groups in total. The number of carbonyl (C=O) groups is 2. The van der Waals surface area contributed by atoms with Crippen molar-refractivity contribution < 1.29 is 28.5 Å². The number of rotatable bonds is 11. The molecule has 2 aromatic carbocycles. The van der Waals surface area contributed by atoms with Crippen molar-refractivity contribution in [2.45, 2.75) is 79.2 Å². The van der Waals surface area contributed by atoms with Gasteiger partial charge in [-0.1, -0.05) is 24.3 Å². The summed E-state index contributed by atoms with van der Waals surface area (Å²) in [7, 11) is 0. The highest BCUT2D eigenvalue weighted by atomic mass is 16.6. The second kappa shape index (κ2) is 12.4. The molecule has 0 radical (unpaired) electrons. The molecule has 0 aliphatic carbocycles. The fraction of sp³-hybridized carbons (Fsp3) is 0.462. The first-order valence-corrected chi connectivity index (χ1v) is 11.0. The Morgan fingerprint density at radius 2 is 0.906 bits per heavy atom. The monoisotopic (exact) mass is 442 g/mol. The third-order valence-corrected chi connectivity index (χ3v) is 4.79. The van der Waals surface area contributed by atoms with Crippen LogP contribution in [-0.4, -0.2) is 36.4 Å². The van der Waals surface area contributed by atoms with Gasteiger partial charge in [0, 0.05) is 0 Å². The van der Waals surface area contributed by atoms with E-state index in [1.165, 1.54) is 0 Å². The molecule has 174 valence electrons. The number of benzene rings is 2. The van der Waals surface area contributed by atoms with Crippen molar-refractivity contribution in [1.29, 1.82) is 0 Å². The van der Waals surface area contributed by atoms with Crippen LogP contribution in [0.1, 0.15) is 73.4 Å². The maximum Gasteiger partial charge on any atom is 0.338 e. The molecule has 0 heterocycles. The standard InChI is InChI=1S/C26H34O6/c1-17(2)29-15-21-7-11-23(12-8-21)25(27)31-19(5)20(6)32-26(28)24-13-9-22(10-14-24)16-30-18(3)4/h7-14,17-20H,15-16H2,1-6H3. The second-order valence-corrected chi connectivity index (χ2v) is 8.33. The van der Waals surface area contributed by atoms with Gasteiger partial charge in [0.1, 0.15) is 12.2 Å². The van der Waals surface area contributed by atoms with Gasteiger partial charge in [0.15, 0.2) is 0 Å².